The predicted molar refractivity (Wildman–Crippen MR) is 133 cm³/mol. The number of nitriles is 1. The van der Waals surface area contributed by atoms with Crippen molar-refractivity contribution in [1.82, 2.24) is 15.3 Å². The molecule has 0 radical (unpaired) electrons. The molecule has 1 aliphatic carbocycles. The number of aromatic nitrogens is 2. The summed E-state index contributed by atoms with van der Waals surface area (Å²) in [5.41, 5.74) is 4.57. The van der Waals surface area contributed by atoms with Crippen LogP contribution in [0.3, 0.4) is 0 Å². The Morgan fingerprint density at radius 2 is 2.03 bits per heavy atom. The first-order valence-electron chi connectivity index (χ1n) is 11.6. The van der Waals surface area contributed by atoms with Crippen LogP contribution in [-0.2, 0) is 22.5 Å². The van der Waals surface area contributed by atoms with E-state index in [2.05, 4.69) is 27.8 Å². The van der Waals surface area contributed by atoms with Crippen LogP contribution in [0.1, 0.15) is 35.4 Å². The van der Waals surface area contributed by atoms with Crippen LogP contribution in [0.4, 0.5) is 5.69 Å². The summed E-state index contributed by atoms with van der Waals surface area (Å²) in [5, 5.41) is 15.8. The number of carbonyl (C=O) groups is 1. The van der Waals surface area contributed by atoms with Gasteiger partial charge in [0.25, 0.3) is 0 Å². The summed E-state index contributed by atoms with van der Waals surface area (Å²) in [6.07, 6.45) is 4.09. The van der Waals surface area contributed by atoms with Crippen LogP contribution in [0.25, 0.3) is 11.3 Å². The molecule has 1 aliphatic rings. The van der Waals surface area contributed by atoms with Gasteiger partial charge in [-0.05, 0) is 42.7 Å². The van der Waals surface area contributed by atoms with E-state index in [1.54, 1.807) is 32.5 Å². The molecular formula is C27H29N5O3. The van der Waals surface area contributed by atoms with Gasteiger partial charge in [-0.1, -0.05) is 18.2 Å². The first-order valence-corrected chi connectivity index (χ1v) is 11.6. The molecular weight excluding hydrogens is 442 g/mol. The van der Waals surface area contributed by atoms with E-state index in [0.717, 1.165) is 47.5 Å². The average Bonchev–Trinajstić information content (AvgIpc) is 3.73. The minimum atomic E-state index is -0.0224. The molecule has 3 aromatic rings. The Bertz CT molecular complexity index is 1230. The molecule has 1 heterocycles. The zero-order chi connectivity index (χ0) is 24.6. The van der Waals surface area contributed by atoms with Gasteiger partial charge in [-0.15, -0.1) is 0 Å². The van der Waals surface area contributed by atoms with Crippen LogP contribution < -0.4 is 15.4 Å². The third-order valence-electron chi connectivity index (χ3n) is 5.86. The largest absolute Gasteiger partial charge is 0.496 e. The Morgan fingerprint density at radius 1 is 1.17 bits per heavy atom. The van der Waals surface area contributed by atoms with Crippen LogP contribution in [0, 0.1) is 17.2 Å². The molecule has 4 rings (SSSR count). The minimum Gasteiger partial charge on any atom is -0.496 e. The third kappa shape index (κ3) is 6.41. The Balaban J connectivity index is 1.48. The molecule has 1 aromatic heterocycles. The highest BCUT2D eigenvalue weighted by Crippen LogP contribution is 2.31. The number of nitrogens with one attached hydrogen (secondary N) is 2. The van der Waals surface area contributed by atoms with Crippen LogP contribution in [-0.4, -0.2) is 43.2 Å². The van der Waals surface area contributed by atoms with E-state index in [0.29, 0.717) is 36.6 Å². The van der Waals surface area contributed by atoms with Gasteiger partial charge in [0.05, 0.1) is 30.7 Å². The van der Waals surface area contributed by atoms with E-state index in [9.17, 15) is 10.1 Å². The fourth-order valence-electron chi connectivity index (χ4n) is 3.76. The number of benzene rings is 2. The van der Waals surface area contributed by atoms with Crippen molar-refractivity contribution < 1.29 is 14.3 Å². The zero-order valence-electron chi connectivity index (χ0n) is 20.0. The number of ether oxygens (including phenoxy) is 2. The van der Waals surface area contributed by atoms with Gasteiger partial charge in [-0.25, -0.2) is 9.97 Å². The number of methoxy groups -OCH3 is 2. The molecule has 2 aromatic carbocycles. The standard InChI is InChI=1S/C27H29N5O3/c1-34-12-11-29-17-21-4-3-18(13-25(21)35-2)14-26-30-10-9-24(31-26)20-7-8-23(22(15-20)16-28)32-27(33)19-5-6-19/h3-4,7-10,13,15,19,29H,5-6,11-12,14,17H2,1-2H3,(H,32,33). The van der Waals surface area contributed by atoms with Gasteiger partial charge in [0.1, 0.15) is 17.6 Å². The second kappa shape index (κ2) is 11.6. The second-order valence-corrected chi connectivity index (χ2v) is 8.49. The van der Waals surface area contributed by atoms with Gasteiger partial charge in [0.15, 0.2) is 0 Å². The molecule has 0 spiro atoms. The maximum Gasteiger partial charge on any atom is 0.227 e. The molecule has 8 heteroatoms. The summed E-state index contributed by atoms with van der Waals surface area (Å²) in [7, 11) is 3.35. The van der Waals surface area contributed by atoms with Gasteiger partial charge in [0, 0.05) is 49.9 Å². The summed E-state index contributed by atoms with van der Waals surface area (Å²) in [4.78, 5) is 21.3. The topological polar surface area (TPSA) is 109 Å². The number of rotatable bonds is 11. The highest BCUT2D eigenvalue weighted by molar-refractivity contribution is 5.95. The van der Waals surface area contributed by atoms with Crippen molar-refractivity contribution >= 4 is 11.6 Å². The number of carbonyl (C=O) groups excluding carboxylic acids is 1. The summed E-state index contributed by atoms with van der Waals surface area (Å²) >= 11 is 0. The van der Waals surface area contributed by atoms with Crippen LogP contribution in [0.2, 0.25) is 0 Å². The van der Waals surface area contributed by atoms with E-state index in [4.69, 9.17) is 14.5 Å². The van der Waals surface area contributed by atoms with Crippen LogP contribution >= 0.6 is 0 Å². The maximum absolute atomic E-state index is 12.1. The van der Waals surface area contributed by atoms with Crippen LogP contribution in [0.15, 0.2) is 48.7 Å². The number of nitrogens with zero attached hydrogens (tertiary/aromatic N) is 3. The molecule has 1 amide bonds. The van der Waals surface area contributed by atoms with Crippen molar-refractivity contribution in [2.75, 3.05) is 32.7 Å². The van der Waals surface area contributed by atoms with Gasteiger partial charge in [-0.2, -0.15) is 5.26 Å². The van der Waals surface area contributed by atoms with E-state index in [-0.39, 0.29) is 11.8 Å². The van der Waals surface area contributed by atoms with Gasteiger partial charge in [0.2, 0.25) is 5.91 Å². The summed E-state index contributed by atoms with van der Waals surface area (Å²) < 4.78 is 10.7. The third-order valence-corrected chi connectivity index (χ3v) is 5.86. The monoisotopic (exact) mass is 471 g/mol. The number of hydrogen-bond acceptors (Lipinski definition) is 7. The second-order valence-electron chi connectivity index (χ2n) is 8.49. The molecule has 0 atom stereocenters. The molecule has 0 saturated heterocycles. The molecule has 1 saturated carbocycles. The lowest BCUT2D eigenvalue weighted by molar-refractivity contribution is -0.117. The molecule has 0 bridgehead atoms. The fraction of sp³-hybridized carbons (Fsp3) is 0.333. The maximum atomic E-state index is 12.1. The van der Waals surface area contributed by atoms with E-state index < -0.39 is 0 Å². The summed E-state index contributed by atoms with van der Waals surface area (Å²) in [5.74, 6) is 1.53. The van der Waals surface area contributed by atoms with E-state index >= 15 is 0 Å². The molecule has 8 nitrogen and oxygen atoms in total. The Hall–Kier alpha value is -3.80. The lowest BCUT2D eigenvalue weighted by Crippen LogP contribution is -2.19. The van der Waals surface area contributed by atoms with Gasteiger partial charge >= 0.3 is 0 Å². The number of anilines is 1. The van der Waals surface area contributed by atoms with Gasteiger partial charge < -0.3 is 20.1 Å². The first kappa shape index (κ1) is 24.3. The summed E-state index contributed by atoms with van der Waals surface area (Å²) in [6.45, 7) is 2.11. The average molecular weight is 472 g/mol. The Morgan fingerprint density at radius 3 is 2.77 bits per heavy atom. The van der Waals surface area contributed by atoms with E-state index in [1.807, 2.05) is 24.3 Å². The molecule has 2 N–H and O–H groups in total. The van der Waals surface area contributed by atoms with Crippen molar-refractivity contribution in [3.63, 3.8) is 0 Å². The van der Waals surface area contributed by atoms with Crippen LogP contribution in [0.5, 0.6) is 5.75 Å². The molecule has 35 heavy (non-hydrogen) atoms. The zero-order valence-corrected chi connectivity index (χ0v) is 20.0. The van der Waals surface area contributed by atoms with Crippen molar-refractivity contribution in [2.45, 2.75) is 25.8 Å². The van der Waals surface area contributed by atoms with Crippen molar-refractivity contribution in [2.24, 2.45) is 5.92 Å². The van der Waals surface area contributed by atoms with Crippen molar-refractivity contribution in [3.8, 4) is 23.1 Å². The van der Waals surface area contributed by atoms with E-state index in [1.165, 1.54) is 0 Å². The molecule has 0 unspecified atom stereocenters. The number of hydrogen-bond donors (Lipinski definition) is 2. The SMILES string of the molecule is COCCNCc1ccc(Cc2nccc(-c3ccc(NC(=O)C4CC4)c(C#N)c3)n2)cc1OC. The summed E-state index contributed by atoms with van der Waals surface area (Å²) in [6, 6.07) is 15.5. The lowest BCUT2D eigenvalue weighted by atomic mass is 10.1. The molecule has 180 valence electrons. The molecule has 0 aliphatic heterocycles. The highest BCUT2D eigenvalue weighted by Gasteiger charge is 2.30. The van der Waals surface area contributed by atoms with Gasteiger partial charge in [-0.3, -0.25) is 4.79 Å². The normalized spacial score (nSPS) is 12.7. The minimum absolute atomic E-state index is 0.0224. The van der Waals surface area contributed by atoms with Crippen molar-refractivity contribution in [1.29, 1.82) is 5.26 Å². The quantitative estimate of drug-likeness (QED) is 0.411. The Kier molecular flexibility index (Phi) is 8.03. The predicted octanol–water partition coefficient (Wildman–Crippen LogP) is 3.70. The lowest BCUT2D eigenvalue weighted by Gasteiger charge is -2.12. The van der Waals surface area contributed by atoms with Crippen molar-refractivity contribution in [3.05, 3.63) is 71.2 Å². The molecule has 1 fully saturated rings. The first-order chi connectivity index (χ1) is 17.1. The fourth-order valence-corrected chi connectivity index (χ4v) is 3.76. The number of amides is 1. The highest BCUT2D eigenvalue weighted by atomic mass is 16.5. The Labute approximate surface area is 205 Å². The smallest absolute Gasteiger partial charge is 0.227 e.